The predicted molar refractivity (Wildman–Crippen MR) is 119 cm³/mol. The Labute approximate surface area is 192 Å². The van der Waals surface area contributed by atoms with Crippen molar-refractivity contribution in [2.75, 3.05) is 11.9 Å². The van der Waals surface area contributed by atoms with E-state index in [1.807, 2.05) is 0 Å². The standard InChI is InChI=1S/C21H21N5O6S/c1-21(11-6-8-12(9-7-11)26(31)32)19(29)25(20(30)24-21)10-15(27)23-18-16(17(22)28)13-4-2-3-5-14(13)33-18/h6-9H,2-5,10H2,1H3,(H2,22,28)(H,23,27)(H,24,30). The Balaban J connectivity index is 1.52. The number of aryl methyl sites for hydroxylation is 1. The summed E-state index contributed by atoms with van der Waals surface area (Å²) >= 11 is 1.29. The first kappa shape index (κ1) is 22.4. The van der Waals surface area contributed by atoms with Gasteiger partial charge in [-0.05, 0) is 55.9 Å². The molecule has 0 saturated carbocycles. The number of carbonyl (C=O) groups excluding carboxylic acids is 4. The lowest BCUT2D eigenvalue weighted by Gasteiger charge is -2.22. The Hall–Kier alpha value is -3.80. The van der Waals surface area contributed by atoms with E-state index in [0.717, 1.165) is 34.6 Å². The summed E-state index contributed by atoms with van der Waals surface area (Å²) in [6.07, 6.45) is 3.43. The van der Waals surface area contributed by atoms with Crippen molar-refractivity contribution in [3.05, 3.63) is 55.9 Å². The summed E-state index contributed by atoms with van der Waals surface area (Å²) < 4.78 is 0. The maximum atomic E-state index is 13.0. The number of rotatable bonds is 6. The molecule has 4 N–H and O–H groups in total. The summed E-state index contributed by atoms with van der Waals surface area (Å²) in [7, 11) is 0. The molecule has 4 rings (SSSR count). The molecule has 1 unspecified atom stereocenters. The van der Waals surface area contributed by atoms with Gasteiger partial charge in [0, 0.05) is 17.0 Å². The zero-order valence-corrected chi connectivity index (χ0v) is 18.5. The first-order valence-corrected chi connectivity index (χ1v) is 11.1. The molecule has 1 aromatic carbocycles. The summed E-state index contributed by atoms with van der Waals surface area (Å²) in [6, 6.07) is 4.47. The number of hydrogen-bond donors (Lipinski definition) is 3. The van der Waals surface area contributed by atoms with Crippen LogP contribution in [0, 0.1) is 10.1 Å². The molecule has 2 aliphatic rings. The number of primary amides is 1. The third-order valence-corrected chi connectivity index (χ3v) is 7.11. The van der Waals surface area contributed by atoms with Crippen molar-refractivity contribution in [1.82, 2.24) is 10.2 Å². The fraction of sp³-hybridized carbons (Fsp3) is 0.333. The number of imide groups is 1. The van der Waals surface area contributed by atoms with Gasteiger partial charge in [0.2, 0.25) is 5.91 Å². The molecule has 0 bridgehead atoms. The highest BCUT2D eigenvalue weighted by Crippen LogP contribution is 2.38. The molecule has 33 heavy (non-hydrogen) atoms. The van der Waals surface area contributed by atoms with Crippen molar-refractivity contribution in [1.29, 1.82) is 0 Å². The lowest BCUT2D eigenvalue weighted by atomic mass is 9.92. The average Bonchev–Trinajstić information content (AvgIpc) is 3.24. The smallest absolute Gasteiger partial charge is 0.325 e. The number of benzene rings is 1. The molecule has 1 aromatic heterocycles. The topological polar surface area (TPSA) is 165 Å². The highest BCUT2D eigenvalue weighted by atomic mass is 32.1. The summed E-state index contributed by atoms with van der Waals surface area (Å²) in [5.74, 6) is -1.95. The normalized spacial score (nSPS) is 19.7. The molecule has 5 amide bonds. The van der Waals surface area contributed by atoms with Gasteiger partial charge in [-0.2, -0.15) is 0 Å². The van der Waals surface area contributed by atoms with Crippen LogP contribution in [0.2, 0.25) is 0 Å². The number of amides is 5. The van der Waals surface area contributed by atoms with Crippen molar-refractivity contribution < 1.29 is 24.1 Å². The highest BCUT2D eigenvalue weighted by molar-refractivity contribution is 7.17. The number of carbonyl (C=O) groups is 4. The van der Waals surface area contributed by atoms with E-state index in [1.54, 1.807) is 0 Å². The Morgan fingerprint density at radius 2 is 1.91 bits per heavy atom. The van der Waals surface area contributed by atoms with Crippen molar-refractivity contribution in [2.45, 2.75) is 38.1 Å². The molecule has 0 spiro atoms. The zero-order chi connectivity index (χ0) is 23.9. The molecule has 1 atom stereocenters. The first-order chi connectivity index (χ1) is 15.6. The van der Waals surface area contributed by atoms with Crippen molar-refractivity contribution >= 4 is 45.8 Å². The molecule has 2 heterocycles. The minimum atomic E-state index is -1.48. The molecule has 2 aromatic rings. The molecule has 1 fully saturated rings. The van der Waals surface area contributed by atoms with Gasteiger partial charge in [0.05, 0.1) is 10.5 Å². The number of anilines is 1. The van der Waals surface area contributed by atoms with Crippen molar-refractivity contribution in [3.63, 3.8) is 0 Å². The summed E-state index contributed by atoms with van der Waals surface area (Å²) in [5.41, 5.74) is 5.40. The minimum Gasteiger partial charge on any atom is -0.365 e. The van der Waals surface area contributed by atoms with Crippen LogP contribution in [0.3, 0.4) is 0 Å². The lowest BCUT2D eigenvalue weighted by Crippen LogP contribution is -2.42. The van der Waals surface area contributed by atoms with Crippen LogP contribution in [0.1, 0.15) is 46.1 Å². The van der Waals surface area contributed by atoms with Gasteiger partial charge in [-0.15, -0.1) is 11.3 Å². The van der Waals surface area contributed by atoms with Crippen LogP contribution >= 0.6 is 11.3 Å². The van der Waals surface area contributed by atoms with Gasteiger partial charge in [-0.25, -0.2) is 4.79 Å². The monoisotopic (exact) mass is 471 g/mol. The molecule has 11 nitrogen and oxygen atoms in total. The second-order valence-corrected chi connectivity index (χ2v) is 9.18. The quantitative estimate of drug-likeness (QED) is 0.331. The summed E-state index contributed by atoms with van der Waals surface area (Å²) in [6.45, 7) is 0.902. The number of hydrogen-bond acceptors (Lipinski definition) is 7. The van der Waals surface area contributed by atoms with E-state index in [9.17, 15) is 29.3 Å². The molecule has 172 valence electrons. The Bertz CT molecular complexity index is 1190. The fourth-order valence-electron chi connectivity index (χ4n) is 4.18. The van der Waals surface area contributed by atoms with E-state index < -0.39 is 40.8 Å². The first-order valence-electron chi connectivity index (χ1n) is 10.2. The number of non-ortho nitro benzene ring substituents is 1. The third-order valence-electron chi connectivity index (χ3n) is 5.90. The van der Waals surface area contributed by atoms with Gasteiger partial charge in [0.15, 0.2) is 0 Å². The van der Waals surface area contributed by atoms with Gasteiger partial charge >= 0.3 is 6.03 Å². The minimum absolute atomic E-state index is 0.153. The van der Waals surface area contributed by atoms with E-state index >= 15 is 0 Å². The molecule has 0 radical (unpaired) electrons. The van der Waals surface area contributed by atoms with Gasteiger partial charge in [0.25, 0.3) is 17.5 Å². The van der Waals surface area contributed by atoms with Crippen molar-refractivity contribution in [3.8, 4) is 0 Å². The molecule has 1 aliphatic heterocycles. The number of nitro benzene ring substituents is 1. The second-order valence-electron chi connectivity index (χ2n) is 8.08. The number of nitrogens with two attached hydrogens (primary N) is 1. The number of fused-ring (bicyclic) bond motifs is 1. The lowest BCUT2D eigenvalue weighted by molar-refractivity contribution is -0.384. The van der Waals surface area contributed by atoms with Crippen LogP contribution in [0.4, 0.5) is 15.5 Å². The van der Waals surface area contributed by atoms with Crippen LogP contribution in [-0.2, 0) is 28.0 Å². The third kappa shape index (κ3) is 3.93. The van der Waals surface area contributed by atoms with E-state index in [1.165, 1.54) is 42.5 Å². The van der Waals surface area contributed by atoms with Gasteiger partial charge in [0.1, 0.15) is 17.1 Å². The van der Waals surface area contributed by atoms with Crippen LogP contribution < -0.4 is 16.4 Å². The number of nitro groups is 1. The molecule has 12 heteroatoms. The fourth-order valence-corrected chi connectivity index (χ4v) is 5.49. The van der Waals surface area contributed by atoms with E-state index in [0.29, 0.717) is 17.0 Å². The highest BCUT2D eigenvalue weighted by Gasteiger charge is 2.49. The Kier molecular flexibility index (Phi) is 5.62. The second kappa shape index (κ2) is 8.28. The van der Waals surface area contributed by atoms with Gasteiger partial charge in [-0.1, -0.05) is 0 Å². The summed E-state index contributed by atoms with van der Waals surface area (Å²) in [4.78, 5) is 62.3. The van der Waals surface area contributed by atoms with E-state index in [2.05, 4.69) is 10.6 Å². The van der Waals surface area contributed by atoms with Crippen LogP contribution in [0.5, 0.6) is 0 Å². The Morgan fingerprint density at radius 3 is 2.55 bits per heavy atom. The number of urea groups is 1. The molecule has 1 saturated heterocycles. The largest absolute Gasteiger partial charge is 0.365 e. The zero-order valence-electron chi connectivity index (χ0n) is 17.7. The van der Waals surface area contributed by atoms with Crippen LogP contribution in [-0.4, -0.2) is 40.1 Å². The maximum absolute atomic E-state index is 13.0. The summed E-state index contributed by atoms with van der Waals surface area (Å²) in [5, 5.41) is 16.4. The number of thiophene rings is 1. The van der Waals surface area contributed by atoms with Crippen LogP contribution in [0.15, 0.2) is 24.3 Å². The number of nitrogens with zero attached hydrogens (tertiary/aromatic N) is 2. The molecule has 1 aliphatic carbocycles. The van der Waals surface area contributed by atoms with Crippen molar-refractivity contribution in [2.24, 2.45) is 5.73 Å². The predicted octanol–water partition coefficient (Wildman–Crippen LogP) is 2.04. The Morgan fingerprint density at radius 1 is 1.24 bits per heavy atom. The van der Waals surface area contributed by atoms with Gasteiger partial charge in [-0.3, -0.25) is 29.4 Å². The average molecular weight is 471 g/mol. The molecular formula is C21H21N5O6S. The SMILES string of the molecule is CC1(c2ccc([N+](=O)[O-])cc2)NC(=O)N(CC(=O)Nc2sc3c(c2C(N)=O)CCCC3)C1=O. The van der Waals surface area contributed by atoms with Gasteiger partial charge < -0.3 is 16.4 Å². The van der Waals surface area contributed by atoms with Crippen LogP contribution in [0.25, 0.3) is 0 Å². The van der Waals surface area contributed by atoms with E-state index in [-0.39, 0.29) is 11.3 Å². The number of nitrogens with one attached hydrogen (secondary N) is 2. The maximum Gasteiger partial charge on any atom is 0.325 e. The van der Waals surface area contributed by atoms with E-state index in [4.69, 9.17) is 5.73 Å². The molecular weight excluding hydrogens is 450 g/mol.